The van der Waals surface area contributed by atoms with Crippen LogP contribution < -0.4 is 10.6 Å². The van der Waals surface area contributed by atoms with Crippen molar-refractivity contribution in [2.45, 2.75) is 20.0 Å². The summed E-state index contributed by atoms with van der Waals surface area (Å²) in [7, 11) is 0. The van der Waals surface area contributed by atoms with Crippen molar-refractivity contribution < 1.29 is 4.39 Å². The normalized spacial score (nSPS) is 10.8. The summed E-state index contributed by atoms with van der Waals surface area (Å²) in [4.78, 5) is 8.67. The summed E-state index contributed by atoms with van der Waals surface area (Å²) in [5.74, 6) is 0.236. The molecule has 0 atom stereocenters. The van der Waals surface area contributed by atoms with Gasteiger partial charge in [0.15, 0.2) is 5.96 Å². The van der Waals surface area contributed by atoms with Gasteiger partial charge in [-0.25, -0.2) is 9.38 Å². The van der Waals surface area contributed by atoms with Crippen LogP contribution in [0.15, 0.2) is 77.9 Å². The summed E-state index contributed by atoms with van der Waals surface area (Å²) in [6.07, 6.45) is 1.58. The minimum absolute atomic E-state index is 0. The van der Waals surface area contributed by atoms with E-state index in [-0.39, 0.29) is 36.3 Å². The highest BCUT2D eigenvalue weighted by atomic mass is 127. The van der Waals surface area contributed by atoms with E-state index in [0.717, 1.165) is 11.3 Å². The van der Waals surface area contributed by atoms with E-state index in [9.17, 15) is 4.39 Å². The van der Waals surface area contributed by atoms with Crippen LogP contribution in [0, 0.1) is 12.7 Å². The molecule has 0 fully saturated rings. The minimum atomic E-state index is -0.336. The number of halogens is 2. The summed E-state index contributed by atoms with van der Waals surface area (Å²) in [6.45, 7) is 2.82. The average Bonchev–Trinajstić information content (AvgIpc) is 2.67. The summed E-state index contributed by atoms with van der Waals surface area (Å²) in [6, 6.07) is 20.9. The van der Waals surface area contributed by atoms with Gasteiger partial charge in [0.25, 0.3) is 0 Å². The van der Waals surface area contributed by atoms with Gasteiger partial charge in [-0.1, -0.05) is 48.0 Å². The lowest BCUT2D eigenvalue weighted by atomic mass is 10.1. The molecular formula is C21H22FIN4. The maximum Gasteiger partial charge on any atom is 0.196 e. The lowest BCUT2D eigenvalue weighted by molar-refractivity contribution is 0.594. The highest BCUT2D eigenvalue weighted by molar-refractivity contribution is 14.0. The van der Waals surface area contributed by atoms with Gasteiger partial charge in [-0.3, -0.25) is 4.98 Å². The van der Waals surface area contributed by atoms with E-state index in [1.807, 2.05) is 30.3 Å². The predicted octanol–water partition coefficient (Wildman–Crippen LogP) is 4.91. The van der Waals surface area contributed by atoms with E-state index in [0.29, 0.717) is 18.2 Å². The number of aliphatic imine (C=N–C) groups is 1. The number of nitrogens with one attached hydrogen (secondary N) is 2. The first-order valence-corrected chi connectivity index (χ1v) is 8.46. The number of hydrogen-bond donors (Lipinski definition) is 2. The van der Waals surface area contributed by atoms with Crippen LogP contribution in [0.4, 0.5) is 10.1 Å². The number of rotatable bonds is 5. The largest absolute Gasteiger partial charge is 0.350 e. The third kappa shape index (κ3) is 6.63. The quantitative estimate of drug-likeness (QED) is 0.313. The Hall–Kier alpha value is -2.48. The molecule has 0 unspecified atom stereocenters. The maximum atomic E-state index is 13.8. The molecule has 0 aliphatic rings. The number of anilines is 1. The standard InChI is InChI=1S/C21H21FN4.HI/c1-16-9-11-17(12-10-16)14-24-21(26-18-6-3-2-4-7-18)25-15-20-19(22)8-5-13-23-20;/h2-13H,14-15H2,1H3,(H2,24,25,26);1H. The first-order valence-electron chi connectivity index (χ1n) is 8.46. The molecule has 0 saturated heterocycles. The second-order valence-corrected chi connectivity index (χ2v) is 5.93. The number of hydrogen-bond acceptors (Lipinski definition) is 2. The van der Waals surface area contributed by atoms with Crippen molar-refractivity contribution in [3.8, 4) is 0 Å². The number of guanidine groups is 1. The average molecular weight is 476 g/mol. The Balaban J connectivity index is 0.00000261. The molecule has 0 saturated carbocycles. The van der Waals surface area contributed by atoms with Crippen molar-refractivity contribution in [3.05, 3.63) is 95.6 Å². The molecule has 1 heterocycles. The SMILES string of the molecule is Cc1ccc(CN=C(NCc2ncccc2F)Nc2ccccc2)cc1.I. The number of para-hydroxylation sites is 1. The van der Waals surface area contributed by atoms with Crippen molar-refractivity contribution in [1.29, 1.82) is 0 Å². The Bertz CT molecular complexity index is 867. The smallest absolute Gasteiger partial charge is 0.196 e. The van der Waals surface area contributed by atoms with E-state index in [1.165, 1.54) is 11.6 Å². The molecule has 3 aromatic rings. The van der Waals surface area contributed by atoms with Crippen LogP contribution in [0.1, 0.15) is 16.8 Å². The Kier molecular flexibility index (Phi) is 8.19. The van der Waals surface area contributed by atoms with Gasteiger partial charge in [0.05, 0.1) is 18.8 Å². The maximum absolute atomic E-state index is 13.8. The van der Waals surface area contributed by atoms with Crippen LogP contribution in [-0.4, -0.2) is 10.9 Å². The van der Waals surface area contributed by atoms with Crippen LogP contribution in [0.3, 0.4) is 0 Å². The lowest BCUT2D eigenvalue weighted by Crippen LogP contribution is -2.31. The highest BCUT2D eigenvalue weighted by Gasteiger charge is 2.05. The van der Waals surface area contributed by atoms with Crippen LogP contribution >= 0.6 is 24.0 Å². The zero-order valence-electron chi connectivity index (χ0n) is 15.0. The minimum Gasteiger partial charge on any atom is -0.350 e. The number of benzene rings is 2. The third-order valence-corrected chi connectivity index (χ3v) is 3.83. The zero-order valence-corrected chi connectivity index (χ0v) is 17.4. The van der Waals surface area contributed by atoms with Gasteiger partial charge < -0.3 is 10.6 Å². The molecule has 0 radical (unpaired) electrons. The van der Waals surface area contributed by atoms with Gasteiger partial charge in [-0.15, -0.1) is 24.0 Å². The molecule has 3 rings (SSSR count). The summed E-state index contributed by atoms with van der Waals surface area (Å²) < 4.78 is 13.8. The van der Waals surface area contributed by atoms with Crippen LogP contribution in [0.25, 0.3) is 0 Å². The first kappa shape index (κ1) is 20.8. The molecule has 0 aliphatic carbocycles. The molecule has 140 valence electrons. The summed E-state index contributed by atoms with van der Waals surface area (Å²) in [5.41, 5.74) is 3.58. The third-order valence-electron chi connectivity index (χ3n) is 3.83. The molecule has 0 amide bonds. The Morgan fingerprint density at radius 3 is 2.44 bits per heavy atom. The molecule has 0 bridgehead atoms. The van der Waals surface area contributed by atoms with E-state index in [1.54, 1.807) is 12.3 Å². The Labute approximate surface area is 176 Å². The van der Waals surface area contributed by atoms with Crippen molar-refractivity contribution in [2.75, 3.05) is 5.32 Å². The molecule has 2 N–H and O–H groups in total. The summed E-state index contributed by atoms with van der Waals surface area (Å²) in [5, 5.41) is 6.38. The van der Waals surface area contributed by atoms with Gasteiger partial charge in [-0.2, -0.15) is 0 Å². The lowest BCUT2D eigenvalue weighted by Gasteiger charge is -2.13. The van der Waals surface area contributed by atoms with E-state index >= 15 is 0 Å². The topological polar surface area (TPSA) is 49.3 Å². The van der Waals surface area contributed by atoms with Crippen molar-refractivity contribution in [1.82, 2.24) is 10.3 Å². The van der Waals surface area contributed by atoms with Gasteiger partial charge >= 0.3 is 0 Å². The van der Waals surface area contributed by atoms with Gasteiger partial charge in [0, 0.05) is 11.9 Å². The Morgan fingerprint density at radius 2 is 1.74 bits per heavy atom. The second-order valence-electron chi connectivity index (χ2n) is 5.93. The monoisotopic (exact) mass is 476 g/mol. The highest BCUT2D eigenvalue weighted by Crippen LogP contribution is 2.08. The van der Waals surface area contributed by atoms with Crippen molar-refractivity contribution in [2.24, 2.45) is 4.99 Å². The number of pyridine rings is 1. The van der Waals surface area contributed by atoms with Crippen LogP contribution in [-0.2, 0) is 13.1 Å². The number of aromatic nitrogens is 1. The van der Waals surface area contributed by atoms with Gasteiger partial charge in [0.1, 0.15) is 5.82 Å². The molecule has 6 heteroatoms. The number of nitrogens with zero attached hydrogens (tertiary/aromatic N) is 2. The predicted molar refractivity (Wildman–Crippen MR) is 119 cm³/mol. The molecule has 27 heavy (non-hydrogen) atoms. The van der Waals surface area contributed by atoms with E-state index in [2.05, 4.69) is 51.8 Å². The Morgan fingerprint density at radius 1 is 1.00 bits per heavy atom. The fourth-order valence-electron chi connectivity index (χ4n) is 2.38. The molecule has 2 aromatic carbocycles. The first-order chi connectivity index (χ1) is 12.7. The fourth-order valence-corrected chi connectivity index (χ4v) is 2.38. The van der Waals surface area contributed by atoms with E-state index < -0.39 is 0 Å². The van der Waals surface area contributed by atoms with Crippen molar-refractivity contribution in [3.63, 3.8) is 0 Å². The fraction of sp³-hybridized carbons (Fsp3) is 0.143. The molecule has 1 aromatic heterocycles. The second kappa shape index (κ2) is 10.6. The molecule has 0 spiro atoms. The van der Waals surface area contributed by atoms with Gasteiger partial charge in [-0.05, 0) is 36.8 Å². The molecule has 4 nitrogen and oxygen atoms in total. The van der Waals surface area contributed by atoms with Gasteiger partial charge in [0.2, 0.25) is 0 Å². The van der Waals surface area contributed by atoms with Crippen LogP contribution in [0.2, 0.25) is 0 Å². The van der Waals surface area contributed by atoms with Crippen LogP contribution in [0.5, 0.6) is 0 Å². The molecular weight excluding hydrogens is 454 g/mol. The molecule has 0 aliphatic heterocycles. The zero-order chi connectivity index (χ0) is 18.2. The van der Waals surface area contributed by atoms with Crippen molar-refractivity contribution >= 4 is 35.6 Å². The number of aryl methyl sites for hydroxylation is 1. The van der Waals surface area contributed by atoms with E-state index in [4.69, 9.17) is 0 Å². The summed E-state index contributed by atoms with van der Waals surface area (Å²) >= 11 is 0.